The third-order valence-corrected chi connectivity index (χ3v) is 12.6. The lowest BCUT2D eigenvalue weighted by Crippen LogP contribution is -2.11. The number of fused-ring (bicyclic) bond motifs is 7. The van der Waals surface area contributed by atoms with Crippen molar-refractivity contribution in [2.75, 3.05) is 4.90 Å². The number of hydrogen-bond donors (Lipinski definition) is 0. The molecule has 11 aromatic carbocycles. The van der Waals surface area contributed by atoms with Gasteiger partial charge in [0.25, 0.3) is 0 Å². The SMILES string of the molecule is c1ccc(N(c2ccc(-c3ccc(-c4cccc5ccccc45)cc3)cc2)c2ccc(-n3c4ccccc4c4ccccc43)cc2)c(-c2cc3ccccc3c3ccccc23)c1. The molecule has 62 heavy (non-hydrogen) atoms. The number of anilines is 3. The summed E-state index contributed by atoms with van der Waals surface area (Å²) in [6.07, 6.45) is 0. The third-order valence-electron chi connectivity index (χ3n) is 12.6. The summed E-state index contributed by atoms with van der Waals surface area (Å²) in [5.74, 6) is 0. The molecule has 0 saturated carbocycles. The Hall–Kier alpha value is -8.20. The van der Waals surface area contributed by atoms with Crippen molar-refractivity contribution in [2.45, 2.75) is 0 Å². The molecule has 0 N–H and O–H groups in total. The van der Waals surface area contributed by atoms with Gasteiger partial charge < -0.3 is 9.47 Å². The molecule has 12 aromatic rings. The summed E-state index contributed by atoms with van der Waals surface area (Å²) in [6.45, 7) is 0. The van der Waals surface area contributed by atoms with E-state index in [-0.39, 0.29) is 0 Å². The zero-order chi connectivity index (χ0) is 41.0. The van der Waals surface area contributed by atoms with Crippen LogP contribution in [0.1, 0.15) is 0 Å². The second-order valence-corrected chi connectivity index (χ2v) is 16.1. The van der Waals surface area contributed by atoms with Crippen LogP contribution in [-0.2, 0) is 0 Å². The quantitative estimate of drug-likeness (QED) is 0.146. The Kier molecular flexibility index (Phi) is 8.53. The van der Waals surface area contributed by atoms with Crippen molar-refractivity contribution in [2.24, 2.45) is 0 Å². The zero-order valence-electron chi connectivity index (χ0n) is 34.0. The molecular formula is C60H40N2. The van der Waals surface area contributed by atoms with E-state index in [1.54, 1.807) is 0 Å². The predicted octanol–water partition coefficient (Wildman–Crippen LogP) is 16.7. The highest BCUT2D eigenvalue weighted by molar-refractivity contribution is 6.15. The third kappa shape index (κ3) is 5.96. The summed E-state index contributed by atoms with van der Waals surface area (Å²) in [7, 11) is 0. The molecule has 0 atom stereocenters. The highest BCUT2D eigenvalue weighted by Crippen LogP contribution is 2.45. The van der Waals surface area contributed by atoms with E-state index in [9.17, 15) is 0 Å². The Morgan fingerprint density at radius 1 is 0.274 bits per heavy atom. The summed E-state index contributed by atoms with van der Waals surface area (Å²) in [5.41, 5.74) is 14.0. The molecule has 12 rings (SSSR count). The van der Waals surface area contributed by atoms with E-state index in [2.05, 4.69) is 252 Å². The molecule has 0 aliphatic rings. The summed E-state index contributed by atoms with van der Waals surface area (Å²) >= 11 is 0. The smallest absolute Gasteiger partial charge is 0.0541 e. The average Bonchev–Trinajstić information content (AvgIpc) is 3.69. The van der Waals surface area contributed by atoms with E-state index in [4.69, 9.17) is 0 Å². The fourth-order valence-corrected chi connectivity index (χ4v) is 9.67. The van der Waals surface area contributed by atoms with Crippen LogP contribution in [0.2, 0.25) is 0 Å². The molecule has 0 aliphatic heterocycles. The van der Waals surface area contributed by atoms with Crippen LogP contribution in [0.5, 0.6) is 0 Å². The average molecular weight is 789 g/mol. The van der Waals surface area contributed by atoms with Crippen molar-refractivity contribution < 1.29 is 0 Å². The van der Waals surface area contributed by atoms with Crippen LogP contribution in [0.15, 0.2) is 243 Å². The van der Waals surface area contributed by atoms with Gasteiger partial charge in [-0.05, 0) is 121 Å². The Morgan fingerprint density at radius 2 is 0.742 bits per heavy atom. The highest BCUT2D eigenvalue weighted by atomic mass is 15.1. The van der Waals surface area contributed by atoms with Gasteiger partial charge >= 0.3 is 0 Å². The highest BCUT2D eigenvalue weighted by Gasteiger charge is 2.20. The first kappa shape index (κ1) is 35.7. The number of rotatable bonds is 7. The molecule has 1 heterocycles. The first-order valence-electron chi connectivity index (χ1n) is 21.3. The summed E-state index contributed by atoms with van der Waals surface area (Å²) in [6, 6.07) is 88.5. The van der Waals surface area contributed by atoms with E-state index in [0.717, 1.165) is 22.7 Å². The summed E-state index contributed by atoms with van der Waals surface area (Å²) in [4.78, 5) is 2.42. The number of para-hydroxylation sites is 3. The lowest BCUT2D eigenvalue weighted by molar-refractivity contribution is 1.17. The van der Waals surface area contributed by atoms with Crippen LogP contribution < -0.4 is 4.90 Å². The minimum absolute atomic E-state index is 1.08. The fourth-order valence-electron chi connectivity index (χ4n) is 9.67. The van der Waals surface area contributed by atoms with Gasteiger partial charge in [0, 0.05) is 33.4 Å². The van der Waals surface area contributed by atoms with Gasteiger partial charge in [0.2, 0.25) is 0 Å². The second kappa shape index (κ2) is 14.8. The van der Waals surface area contributed by atoms with Gasteiger partial charge in [0.1, 0.15) is 0 Å². The molecule has 0 fully saturated rings. The number of benzene rings is 11. The Balaban J connectivity index is 0.989. The predicted molar refractivity (Wildman–Crippen MR) is 264 cm³/mol. The van der Waals surface area contributed by atoms with Crippen molar-refractivity contribution >= 4 is 71.2 Å². The van der Waals surface area contributed by atoms with Crippen LogP contribution in [-0.4, -0.2) is 4.57 Å². The second-order valence-electron chi connectivity index (χ2n) is 16.1. The van der Waals surface area contributed by atoms with E-state index in [1.165, 1.54) is 87.5 Å². The van der Waals surface area contributed by atoms with E-state index < -0.39 is 0 Å². The molecule has 0 bridgehead atoms. The molecule has 0 radical (unpaired) electrons. The number of hydrogen-bond acceptors (Lipinski definition) is 1. The van der Waals surface area contributed by atoms with Crippen LogP contribution in [0.3, 0.4) is 0 Å². The van der Waals surface area contributed by atoms with Gasteiger partial charge in [-0.3, -0.25) is 0 Å². The minimum Gasteiger partial charge on any atom is -0.310 e. The monoisotopic (exact) mass is 788 g/mol. The van der Waals surface area contributed by atoms with Crippen molar-refractivity contribution in [3.63, 3.8) is 0 Å². The van der Waals surface area contributed by atoms with Crippen molar-refractivity contribution in [3.05, 3.63) is 243 Å². The first-order valence-corrected chi connectivity index (χ1v) is 21.3. The van der Waals surface area contributed by atoms with Gasteiger partial charge in [-0.15, -0.1) is 0 Å². The van der Waals surface area contributed by atoms with Crippen molar-refractivity contribution in [1.82, 2.24) is 4.57 Å². The summed E-state index contributed by atoms with van der Waals surface area (Å²) in [5, 5.41) is 10.0. The van der Waals surface area contributed by atoms with Gasteiger partial charge in [-0.1, -0.05) is 182 Å². The molecule has 0 amide bonds. The molecule has 2 heteroatoms. The minimum atomic E-state index is 1.08. The summed E-state index contributed by atoms with van der Waals surface area (Å²) < 4.78 is 2.38. The molecule has 0 unspecified atom stereocenters. The van der Waals surface area contributed by atoms with Gasteiger partial charge in [0.05, 0.1) is 16.7 Å². The first-order chi connectivity index (χ1) is 30.8. The molecule has 1 aromatic heterocycles. The van der Waals surface area contributed by atoms with Crippen LogP contribution >= 0.6 is 0 Å². The fraction of sp³-hybridized carbons (Fsp3) is 0. The van der Waals surface area contributed by atoms with Crippen LogP contribution in [0.25, 0.3) is 93.2 Å². The molecule has 0 spiro atoms. The van der Waals surface area contributed by atoms with E-state index in [0.29, 0.717) is 0 Å². The largest absolute Gasteiger partial charge is 0.310 e. The van der Waals surface area contributed by atoms with Crippen LogP contribution in [0.4, 0.5) is 17.1 Å². The Morgan fingerprint density at radius 3 is 1.44 bits per heavy atom. The number of nitrogens with zero attached hydrogens (tertiary/aromatic N) is 2. The van der Waals surface area contributed by atoms with Gasteiger partial charge in [-0.25, -0.2) is 0 Å². The number of aromatic nitrogens is 1. The van der Waals surface area contributed by atoms with Gasteiger partial charge in [0.15, 0.2) is 0 Å². The van der Waals surface area contributed by atoms with Crippen molar-refractivity contribution in [3.8, 4) is 39.1 Å². The molecule has 290 valence electrons. The maximum Gasteiger partial charge on any atom is 0.0541 e. The van der Waals surface area contributed by atoms with Crippen molar-refractivity contribution in [1.29, 1.82) is 0 Å². The maximum absolute atomic E-state index is 2.42. The maximum atomic E-state index is 2.42. The van der Waals surface area contributed by atoms with Crippen LogP contribution in [0, 0.1) is 0 Å². The standard InChI is InChI=1S/C60H40N2/c1-3-17-49-43(14-1)16-13-24-50(49)44-30-28-41(29-31-44)42-32-34-46(35-33-42)61(47-36-38-48(39-37-47)62-59-26-11-7-21-54(59)55-22-8-12-27-60(55)62)58-25-10-9-23-56(58)57-40-45-15-2-4-18-51(45)52-19-5-6-20-53(52)57/h1-40H. The molecule has 0 saturated heterocycles. The topological polar surface area (TPSA) is 8.17 Å². The Labute approximate surface area is 360 Å². The molecule has 2 nitrogen and oxygen atoms in total. The zero-order valence-corrected chi connectivity index (χ0v) is 34.0. The van der Waals surface area contributed by atoms with E-state index in [1.807, 2.05) is 0 Å². The molecular weight excluding hydrogens is 749 g/mol. The Bertz CT molecular complexity index is 3560. The van der Waals surface area contributed by atoms with E-state index >= 15 is 0 Å². The lowest BCUT2D eigenvalue weighted by Gasteiger charge is -2.29. The normalized spacial score (nSPS) is 11.5. The van der Waals surface area contributed by atoms with Gasteiger partial charge in [-0.2, -0.15) is 0 Å². The lowest BCUT2D eigenvalue weighted by atomic mass is 9.92. The molecule has 0 aliphatic carbocycles.